The van der Waals surface area contributed by atoms with E-state index in [0.717, 1.165) is 37.3 Å². The molecule has 0 spiro atoms. The van der Waals surface area contributed by atoms with Crippen molar-refractivity contribution < 1.29 is 9.59 Å². The molecule has 0 saturated carbocycles. The fourth-order valence-electron chi connectivity index (χ4n) is 2.98. The van der Waals surface area contributed by atoms with Gasteiger partial charge in [-0.25, -0.2) is 9.78 Å². The summed E-state index contributed by atoms with van der Waals surface area (Å²) in [6.45, 7) is 4.22. The molecule has 2 N–H and O–H groups in total. The van der Waals surface area contributed by atoms with E-state index in [1.165, 1.54) is 0 Å². The lowest BCUT2D eigenvalue weighted by Crippen LogP contribution is -2.52. The minimum Gasteiger partial charge on any atom is -0.350 e. The standard InChI is InChI=1S/C14H21N5O2/c1-10-7-19-8-11(3-4-12(19)16-10)17-13(20)9-18-6-2-5-15-14(18)21/h7,11H,2-6,8-9H2,1H3,(H,15,21)(H,17,20). The van der Waals surface area contributed by atoms with Gasteiger partial charge in [-0.15, -0.1) is 0 Å². The molecular formula is C14H21N5O2. The van der Waals surface area contributed by atoms with Gasteiger partial charge >= 0.3 is 6.03 Å². The van der Waals surface area contributed by atoms with E-state index in [0.29, 0.717) is 13.1 Å². The van der Waals surface area contributed by atoms with E-state index in [9.17, 15) is 9.59 Å². The van der Waals surface area contributed by atoms with Crippen LogP contribution in [0.15, 0.2) is 6.20 Å². The van der Waals surface area contributed by atoms with Gasteiger partial charge in [-0.2, -0.15) is 0 Å². The molecule has 1 atom stereocenters. The van der Waals surface area contributed by atoms with Crippen LogP contribution in [0.5, 0.6) is 0 Å². The van der Waals surface area contributed by atoms with E-state index in [4.69, 9.17) is 0 Å². The number of carbonyl (C=O) groups excluding carboxylic acids is 2. The molecule has 1 aromatic heterocycles. The molecule has 2 aliphatic rings. The van der Waals surface area contributed by atoms with Gasteiger partial charge in [0.15, 0.2) is 0 Å². The Hall–Kier alpha value is -2.05. The zero-order valence-corrected chi connectivity index (χ0v) is 12.3. The van der Waals surface area contributed by atoms with Gasteiger partial charge in [-0.1, -0.05) is 0 Å². The maximum atomic E-state index is 12.1. The molecule has 3 heterocycles. The molecule has 0 bridgehead atoms. The summed E-state index contributed by atoms with van der Waals surface area (Å²) in [7, 11) is 0. The Balaban J connectivity index is 1.52. The molecule has 1 unspecified atom stereocenters. The van der Waals surface area contributed by atoms with Crippen molar-refractivity contribution in [3.63, 3.8) is 0 Å². The van der Waals surface area contributed by atoms with Crippen LogP contribution in [0.25, 0.3) is 0 Å². The fourth-order valence-corrected chi connectivity index (χ4v) is 2.98. The van der Waals surface area contributed by atoms with Crippen LogP contribution in [0.4, 0.5) is 4.79 Å². The quantitative estimate of drug-likeness (QED) is 0.825. The highest BCUT2D eigenvalue weighted by molar-refractivity contribution is 5.84. The summed E-state index contributed by atoms with van der Waals surface area (Å²) in [6, 6.07) is -0.0287. The summed E-state index contributed by atoms with van der Waals surface area (Å²) in [5.74, 6) is 1.01. The molecule has 3 rings (SSSR count). The third-order valence-corrected chi connectivity index (χ3v) is 3.98. The summed E-state index contributed by atoms with van der Waals surface area (Å²) in [6.07, 6.45) is 4.68. The second-order valence-corrected chi connectivity index (χ2v) is 5.76. The molecule has 0 aliphatic carbocycles. The molecular weight excluding hydrogens is 270 g/mol. The number of urea groups is 1. The van der Waals surface area contributed by atoms with Gasteiger partial charge < -0.3 is 20.1 Å². The lowest BCUT2D eigenvalue weighted by Gasteiger charge is -2.29. The molecule has 3 amide bonds. The molecule has 21 heavy (non-hydrogen) atoms. The van der Waals surface area contributed by atoms with Crippen LogP contribution in [-0.2, 0) is 17.8 Å². The van der Waals surface area contributed by atoms with Crippen molar-refractivity contribution in [2.45, 2.75) is 38.8 Å². The Bertz CT molecular complexity index is 554. The second kappa shape index (κ2) is 5.75. The average molecular weight is 291 g/mol. The van der Waals surface area contributed by atoms with Crippen molar-refractivity contribution in [2.75, 3.05) is 19.6 Å². The molecule has 0 aromatic carbocycles. The lowest BCUT2D eigenvalue weighted by molar-refractivity contribution is -0.122. The maximum Gasteiger partial charge on any atom is 0.317 e. The minimum absolute atomic E-state index is 0.0858. The van der Waals surface area contributed by atoms with E-state index in [-0.39, 0.29) is 24.5 Å². The Morgan fingerprint density at radius 1 is 1.57 bits per heavy atom. The normalized spacial score (nSPS) is 21.7. The largest absolute Gasteiger partial charge is 0.350 e. The summed E-state index contributed by atoms with van der Waals surface area (Å²) in [4.78, 5) is 29.7. The number of nitrogens with one attached hydrogen (secondary N) is 2. The summed E-state index contributed by atoms with van der Waals surface area (Å²) < 4.78 is 2.11. The monoisotopic (exact) mass is 291 g/mol. The van der Waals surface area contributed by atoms with Crippen LogP contribution in [0, 0.1) is 6.92 Å². The minimum atomic E-state index is -0.146. The van der Waals surface area contributed by atoms with Crippen LogP contribution in [-0.4, -0.2) is 52.1 Å². The SMILES string of the molecule is Cc1cn2c(n1)CCC(NC(=O)CN1CCCNC1=O)C2. The van der Waals surface area contributed by atoms with E-state index in [2.05, 4.69) is 20.2 Å². The first kappa shape index (κ1) is 13.9. The third-order valence-electron chi connectivity index (χ3n) is 3.98. The smallest absolute Gasteiger partial charge is 0.317 e. The topological polar surface area (TPSA) is 79.3 Å². The number of hydrogen-bond donors (Lipinski definition) is 2. The van der Waals surface area contributed by atoms with Gasteiger partial charge in [0, 0.05) is 38.3 Å². The average Bonchev–Trinajstić information content (AvgIpc) is 2.80. The van der Waals surface area contributed by atoms with Crippen molar-refractivity contribution in [1.29, 1.82) is 0 Å². The van der Waals surface area contributed by atoms with Gasteiger partial charge in [0.1, 0.15) is 12.4 Å². The highest BCUT2D eigenvalue weighted by atomic mass is 16.2. The van der Waals surface area contributed by atoms with E-state index in [1.807, 2.05) is 13.1 Å². The van der Waals surface area contributed by atoms with Crippen molar-refractivity contribution in [3.05, 3.63) is 17.7 Å². The Morgan fingerprint density at radius 3 is 3.24 bits per heavy atom. The molecule has 1 fully saturated rings. The Morgan fingerprint density at radius 2 is 2.43 bits per heavy atom. The number of hydrogen-bond acceptors (Lipinski definition) is 3. The first-order chi connectivity index (χ1) is 10.1. The second-order valence-electron chi connectivity index (χ2n) is 5.76. The zero-order chi connectivity index (χ0) is 14.8. The van der Waals surface area contributed by atoms with Crippen molar-refractivity contribution in [3.8, 4) is 0 Å². The van der Waals surface area contributed by atoms with Crippen LogP contribution in [0.3, 0.4) is 0 Å². The molecule has 114 valence electrons. The predicted molar refractivity (Wildman–Crippen MR) is 76.8 cm³/mol. The Kier molecular flexibility index (Phi) is 3.81. The van der Waals surface area contributed by atoms with Gasteiger partial charge in [0.25, 0.3) is 0 Å². The zero-order valence-electron chi connectivity index (χ0n) is 12.3. The molecule has 1 aromatic rings. The van der Waals surface area contributed by atoms with Gasteiger partial charge in [0.2, 0.25) is 5.91 Å². The van der Waals surface area contributed by atoms with E-state index >= 15 is 0 Å². The predicted octanol–water partition coefficient (Wildman–Crippen LogP) is 0.0378. The number of amides is 3. The summed E-state index contributed by atoms with van der Waals surface area (Å²) in [5.41, 5.74) is 1.02. The summed E-state index contributed by atoms with van der Waals surface area (Å²) >= 11 is 0. The molecule has 2 aliphatic heterocycles. The number of nitrogens with zero attached hydrogens (tertiary/aromatic N) is 3. The highest BCUT2D eigenvalue weighted by Gasteiger charge is 2.24. The summed E-state index contributed by atoms with van der Waals surface area (Å²) in [5, 5.41) is 5.78. The van der Waals surface area contributed by atoms with Crippen LogP contribution >= 0.6 is 0 Å². The van der Waals surface area contributed by atoms with Gasteiger partial charge in [-0.05, 0) is 19.8 Å². The van der Waals surface area contributed by atoms with Crippen molar-refractivity contribution >= 4 is 11.9 Å². The number of fused-ring (bicyclic) bond motifs is 1. The van der Waals surface area contributed by atoms with Gasteiger partial charge in [-0.3, -0.25) is 4.79 Å². The third kappa shape index (κ3) is 3.17. The number of carbonyl (C=O) groups is 2. The Labute approximate surface area is 123 Å². The molecule has 7 heteroatoms. The lowest BCUT2D eigenvalue weighted by atomic mass is 10.1. The first-order valence-corrected chi connectivity index (χ1v) is 7.46. The molecule has 0 radical (unpaired) electrons. The number of rotatable bonds is 3. The van der Waals surface area contributed by atoms with E-state index < -0.39 is 0 Å². The van der Waals surface area contributed by atoms with Crippen LogP contribution < -0.4 is 10.6 Å². The van der Waals surface area contributed by atoms with Gasteiger partial charge in [0.05, 0.1) is 5.69 Å². The highest BCUT2D eigenvalue weighted by Crippen LogP contribution is 2.15. The van der Waals surface area contributed by atoms with Crippen molar-refractivity contribution in [2.24, 2.45) is 0 Å². The first-order valence-electron chi connectivity index (χ1n) is 7.46. The maximum absolute atomic E-state index is 12.1. The molecule has 1 saturated heterocycles. The molecule has 7 nitrogen and oxygen atoms in total. The van der Waals surface area contributed by atoms with Crippen LogP contribution in [0.1, 0.15) is 24.4 Å². The number of aryl methyl sites for hydroxylation is 2. The number of aromatic nitrogens is 2. The fraction of sp³-hybridized carbons (Fsp3) is 0.643. The number of imidazole rings is 1. The van der Waals surface area contributed by atoms with Crippen molar-refractivity contribution in [1.82, 2.24) is 25.1 Å². The van der Waals surface area contributed by atoms with Crippen LogP contribution in [0.2, 0.25) is 0 Å². The van der Waals surface area contributed by atoms with E-state index in [1.54, 1.807) is 4.90 Å².